The molecule has 7 heteroatoms. The number of amides is 1. The van der Waals surface area contributed by atoms with E-state index in [1.165, 1.54) is 4.90 Å². The van der Waals surface area contributed by atoms with E-state index in [0.29, 0.717) is 13.1 Å². The number of likely N-dealkylation sites (tertiary alicyclic amines) is 1. The minimum Gasteiger partial charge on any atom is -0.445 e. The van der Waals surface area contributed by atoms with Crippen molar-refractivity contribution in [1.29, 1.82) is 0 Å². The van der Waals surface area contributed by atoms with Crippen molar-refractivity contribution in [2.24, 2.45) is 5.11 Å². The Morgan fingerprint density at radius 3 is 2.77 bits per heavy atom. The zero-order valence-corrected chi connectivity index (χ0v) is 12.8. The van der Waals surface area contributed by atoms with E-state index < -0.39 is 6.09 Å². The predicted octanol–water partition coefficient (Wildman–Crippen LogP) is 3.11. The molecule has 0 radical (unpaired) electrons. The first-order chi connectivity index (χ1) is 10.6. The smallest absolute Gasteiger partial charge is 0.410 e. The van der Waals surface area contributed by atoms with Gasteiger partial charge in [-0.2, -0.15) is 0 Å². The topological polar surface area (TPSA) is 87.5 Å². The van der Waals surface area contributed by atoms with Crippen LogP contribution < -0.4 is 0 Å². The summed E-state index contributed by atoms with van der Waals surface area (Å²) in [5, 5.41) is 3.72. The van der Waals surface area contributed by atoms with Gasteiger partial charge in [0.25, 0.3) is 0 Å². The Labute approximate surface area is 129 Å². The fraction of sp³-hybridized carbons (Fsp3) is 0.533. The molecule has 1 aliphatic rings. The van der Waals surface area contributed by atoms with Crippen LogP contribution in [0.15, 0.2) is 35.4 Å². The Hall–Kier alpha value is -2.24. The summed E-state index contributed by atoms with van der Waals surface area (Å²) in [5.41, 5.74) is 9.55. The Bertz CT molecular complexity index is 543. The van der Waals surface area contributed by atoms with Crippen LogP contribution in [-0.4, -0.2) is 42.3 Å². The Balaban J connectivity index is 1.91. The van der Waals surface area contributed by atoms with Crippen LogP contribution in [0.25, 0.3) is 10.4 Å². The Kier molecular flexibility index (Phi) is 5.63. The van der Waals surface area contributed by atoms with Crippen molar-refractivity contribution in [1.82, 2.24) is 4.90 Å². The fourth-order valence-electron chi connectivity index (χ4n) is 2.38. The lowest BCUT2D eigenvalue weighted by Crippen LogP contribution is -2.31. The van der Waals surface area contributed by atoms with Crippen molar-refractivity contribution in [3.8, 4) is 0 Å². The minimum absolute atomic E-state index is 0.00156. The minimum atomic E-state index is -0.420. The average molecular weight is 304 g/mol. The van der Waals surface area contributed by atoms with Crippen LogP contribution in [-0.2, 0) is 16.1 Å². The first-order valence-electron chi connectivity index (χ1n) is 7.25. The van der Waals surface area contributed by atoms with Crippen molar-refractivity contribution in [3.05, 3.63) is 46.3 Å². The van der Waals surface area contributed by atoms with Crippen LogP contribution in [0.1, 0.15) is 19.4 Å². The molecule has 0 N–H and O–H groups in total. The van der Waals surface area contributed by atoms with E-state index in [4.69, 9.17) is 15.0 Å². The number of benzene rings is 1. The highest BCUT2D eigenvalue weighted by Gasteiger charge is 2.36. The van der Waals surface area contributed by atoms with Crippen LogP contribution in [0.2, 0.25) is 0 Å². The third kappa shape index (κ3) is 4.38. The van der Waals surface area contributed by atoms with Crippen molar-refractivity contribution in [3.63, 3.8) is 0 Å². The number of rotatable bonds is 5. The molecule has 1 unspecified atom stereocenters. The Morgan fingerprint density at radius 1 is 1.41 bits per heavy atom. The summed E-state index contributed by atoms with van der Waals surface area (Å²) in [6.07, 6.45) is -0.710. The summed E-state index contributed by atoms with van der Waals surface area (Å²) >= 11 is 0. The number of hydrogen-bond donors (Lipinski definition) is 0. The molecule has 0 aromatic heterocycles. The third-order valence-corrected chi connectivity index (χ3v) is 3.35. The summed E-state index contributed by atoms with van der Waals surface area (Å²) in [7, 11) is 0. The summed E-state index contributed by atoms with van der Waals surface area (Å²) in [6, 6.07) is 9.10. The van der Waals surface area contributed by atoms with E-state index in [2.05, 4.69) is 10.0 Å². The molecule has 0 aliphatic carbocycles. The summed E-state index contributed by atoms with van der Waals surface area (Å²) in [6.45, 7) is 4.72. The molecule has 1 aromatic rings. The maximum absolute atomic E-state index is 12.1. The first-order valence-corrected chi connectivity index (χ1v) is 7.25. The van der Waals surface area contributed by atoms with Crippen LogP contribution in [0.5, 0.6) is 0 Å². The normalized spacial score (nSPS) is 20.8. The van der Waals surface area contributed by atoms with E-state index >= 15 is 0 Å². The SMILES string of the molecule is CC(C)O[C@H]1CN(C(=O)OCc2ccccc2)CC1N=[N+]=[N-]. The number of hydrogen-bond acceptors (Lipinski definition) is 4. The van der Waals surface area contributed by atoms with Crippen LogP contribution in [0.3, 0.4) is 0 Å². The molecule has 1 aromatic carbocycles. The molecule has 22 heavy (non-hydrogen) atoms. The highest BCUT2D eigenvalue weighted by atomic mass is 16.6. The third-order valence-electron chi connectivity index (χ3n) is 3.35. The predicted molar refractivity (Wildman–Crippen MR) is 81.1 cm³/mol. The fourth-order valence-corrected chi connectivity index (χ4v) is 2.38. The van der Waals surface area contributed by atoms with Crippen molar-refractivity contribution in [2.75, 3.05) is 13.1 Å². The van der Waals surface area contributed by atoms with E-state index in [1.807, 2.05) is 44.2 Å². The second-order valence-electron chi connectivity index (χ2n) is 5.44. The molecule has 1 fully saturated rings. The lowest BCUT2D eigenvalue weighted by Gasteiger charge is -2.18. The zero-order valence-electron chi connectivity index (χ0n) is 12.8. The van der Waals surface area contributed by atoms with Gasteiger partial charge in [0.2, 0.25) is 0 Å². The highest BCUT2D eigenvalue weighted by molar-refractivity contribution is 5.68. The molecular formula is C15H20N4O3. The monoisotopic (exact) mass is 304 g/mol. The second-order valence-corrected chi connectivity index (χ2v) is 5.44. The molecule has 1 aliphatic heterocycles. The zero-order chi connectivity index (χ0) is 15.9. The van der Waals surface area contributed by atoms with E-state index in [0.717, 1.165) is 5.56 Å². The van der Waals surface area contributed by atoms with Gasteiger partial charge >= 0.3 is 6.09 Å². The maximum atomic E-state index is 12.1. The van der Waals surface area contributed by atoms with Gasteiger partial charge in [0.1, 0.15) is 6.61 Å². The molecule has 1 heterocycles. The number of ether oxygens (including phenoxy) is 2. The molecule has 2 atom stereocenters. The summed E-state index contributed by atoms with van der Waals surface area (Å²) < 4.78 is 11.0. The average Bonchev–Trinajstić information content (AvgIpc) is 2.88. The van der Waals surface area contributed by atoms with Gasteiger partial charge in [0.05, 0.1) is 24.8 Å². The number of azide groups is 1. The van der Waals surface area contributed by atoms with Gasteiger partial charge in [0, 0.05) is 11.5 Å². The highest BCUT2D eigenvalue weighted by Crippen LogP contribution is 2.19. The van der Waals surface area contributed by atoms with Gasteiger partial charge in [-0.25, -0.2) is 4.79 Å². The van der Waals surface area contributed by atoms with E-state index in [9.17, 15) is 4.79 Å². The van der Waals surface area contributed by atoms with Crippen molar-refractivity contribution in [2.45, 2.75) is 38.7 Å². The van der Waals surface area contributed by atoms with Crippen LogP contribution in [0, 0.1) is 0 Å². The quantitative estimate of drug-likeness (QED) is 0.475. The largest absolute Gasteiger partial charge is 0.445 e. The van der Waals surface area contributed by atoms with E-state index in [1.54, 1.807) is 0 Å². The van der Waals surface area contributed by atoms with Gasteiger partial charge in [-0.15, -0.1) is 0 Å². The molecule has 1 saturated heterocycles. The Morgan fingerprint density at radius 2 is 2.14 bits per heavy atom. The summed E-state index contributed by atoms with van der Waals surface area (Å²) in [5.74, 6) is 0. The molecule has 0 spiro atoms. The number of nitrogens with zero attached hydrogens (tertiary/aromatic N) is 4. The second kappa shape index (κ2) is 7.68. The molecule has 2 rings (SSSR count). The van der Waals surface area contributed by atoms with Gasteiger partial charge in [-0.05, 0) is 24.9 Å². The first kappa shape index (κ1) is 16.1. The molecular weight excluding hydrogens is 284 g/mol. The lowest BCUT2D eigenvalue weighted by atomic mass is 10.2. The van der Waals surface area contributed by atoms with Gasteiger partial charge in [0.15, 0.2) is 0 Å². The lowest BCUT2D eigenvalue weighted by molar-refractivity contribution is 0.00639. The van der Waals surface area contributed by atoms with Gasteiger partial charge in [-0.3, -0.25) is 0 Å². The van der Waals surface area contributed by atoms with Crippen LogP contribution >= 0.6 is 0 Å². The molecule has 118 valence electrons. The molecule has 7 nitrogen and oxygen atoms in total. The molecule has 1 amide bonds. The number of carbonyl (C=O) groups excluding carboxylic acids is 1. The molecule has 0 bridgehead atoms. The van der Waals surface area contributed by atoms with Crippen molar-refractivity contribution >= 4 is 6.09 Å². The van der Waals surface area contributed by atoms with Crippen LogP contribution in [0.4, 0.5) is 4.79 Å². The maximum Gasteiger partial charge on any atom is 0.410 e. The van der Waals surface area contributed by atoms with E-state index in [-0.39, 0.29) is 24.9 Å². The van der Waals surface area contributed by atoms with Crippen molar-refractivity contribution < 1.29 is 14.3 Å². The molecule has 0 saturated carbocycles. The summed E-state index contributed by atoms with van der Waals surface area (Å²) in [4.78, 5) is 16.5. The van der Waals surface area contributed by atoms with Gasteiger partial charge in [-0.1, -0.05) is 35.4 Å². The number of carbonyl (C=O) groups is 1. The standard InChI is InChI=1S/C15H20N4O3/c1-11(2)22-14-9-19(8-13(14)17-18-16)15(20)21-10-12-6-4-3-5-7-12/h3-7,11,13-14H,8-10H2,1-2H3/t13?,14-/m0/s1. The van der Waals surface area contributed by atoms with Gasteiger partial charge < -0.3 is 14.4 Å².